The van der Waals surface area contributed by atoms with E-state index in [1.807, 2.05) is 0 Å². The van der Waals surface area contributed by atoms with E-state index in [-0.39, 0.29) is 5.41 Å². The van der Waals surface area contributed by atoms with Crippen LogP contribution in [-0.4, -0.2) is 11.1 Å². The van der Waals surface area contributed by atoms with Crippen LogP contribution in [0.4, 0.5) is 0 Å². The van der Waals surface area contributed by atoms with Crippen molar-refractivity contribution in [2.24, 2.45) is 17.3 Å². The Labute approximate surface area is 78.0 Å². The van der Waals surface area contributed by atoms with Crippen LogP contribution < -0.4 is 0 Å². The smallest absolute Gasteiger partial charge is 0.328 e. The molecule has 2 aliphatic carbocycles. The average molecular weight is 178 g/mol. The number of carbonyl (C=O) groups is 1. The number of carboxylic acid groups (broad SMARTS) is 1. The topological polar surface area (TPSA) is 37.3 Å². The Morgan fingerprint density at radius 3 is 2.77 bits per heavy atom. The summed E-state index contributed by atoms with van der Waals surface area (Å²) in [5, 5.41) is 8.73. The number of carboxylic acids is 1. The first-order valence-electron chi connectivity index (χ1n) is 4.65. The van der Waals surface area contributed by atoms with Gasteiger partial charge < -0.3 is 5.11 Å². The van der Waals surface area contributed by atoms with Gasteiger partial charge in [-0.05, 0) is 29.2 Å². The fraction of sp³-hybridized carbons (Fsp3) is 0.545. The van der Waals surface area contributed by atoms with Crippen LogP contribution in [0, 0.1) is 17.3 Å². The lowest BCUT2D eigenvalue weighted by Crippen LogP contribution is -2.20. The summed E-state index contributed by atoms with van der Waals surface area (Å²) in [5.74, 6) is 0.114. The van der Waals surface area contributed by atoms with Gasteiger partial charge >= 0.3 is 5.97 Å². The fourth-order valence-electron chi connectivity index (χ4n) is 2.58. The highest BCUT2D eigenvalue weighted by Gasteiger charge is 2.45. The van der Waals surface area contributed by atoms with Gasteiger partial charge in [-0.3, -0.25) is 0 Å². The van der Waals surface area contributed by atoms with E-state index in [2.05, 4.69) is 26.0 Å². The number of hydrogen-bond donors (Lipinski definition) is 1. The van der Waals surface area contributed by atoms with E-state index in [9.17, 15) is 4.79 Å². The van der Waals surface area contributed by atoms with Crippen LogP contribution in [0.15, 0.2) is 23.8 Å². The summed E-state index contributed by atoms with van der Waals surface area (Å²) in [6.07, 6.45) is 6.87. The molecule has 1 saturated carbocycles. The van der Waals surface area contributed by atoms with Crippen LogP contribution in [0.25, 0.3) is 0 Å². The molecule has 2 bridgehead atoms. The van der Waals surface area contributed by atoms with Gasteiger partial charge in [-0.25, -0.2) is 4.79 Å². The molecule has 0 amide bonds. The number of fused-ring (bicyclic) bond motifs is 2. The van der Waals surface area contributed by atoms with Gasteiger partial charge in [0.25, 0.3) is 0 Å². The van der Waals surface area contributed by atoms with Crippen LogP contribution >= 0.6 is 0 Å². The molecule has 2 atom stereocenters. The largest absolute Gasteiger partial charge is 0.478 e. The molecule has 0 aromatic heterocycles. The van der Waals surface area contributed by atoms with Crippen molar-refractivity contribution in [3.05, 3.63) is 23.8 Å². The van der Waals surface area contributed by atoms with Crippen molar-refractivity contribution in [3.8, 4) is 0 Å². The minimum atomic E-state index is -0.816. The van der Waals surface area contributed by atoms with Crippen LogP contribution in [0.2, 0.25) is 0 Å². The number of aliphatic carboxylic acids is 1. The third-order valence-corrected chi connectivity index (χ3v) is 3.43. The normalized spacial score (nSPS) is 37.2. The van der Waals surface area contributed by atoms with E-state index in [4.69, 9.17) is 5.11 Å². The van der Waals surface area contributed by atoms with Crippen molar-refractivity contribution in [2.45, 2.75) is 20.3 Å². The summed E-state index contributed by atoms with van der Waals surface area (Å²) in [7, 11) is 0. The molecule has 0 aromatic carbocycles. The molecule has 70 valence electrons. The SMILES string of the molecule is CC1(C)/C(=C\C(=O)O)C2C=CC1C2. The van der Waals surface area contributed by atoms with E-state index in [0.29, 0.717) is 11.8 Å². The number of hydrogen-bond acceptors (Lipinski definition) is 1. The van der Waals surface area contributed by atoms with Gasteiger partial charge in [-0.1, -0.05) is 26.0 Å². The highest BCUT2D eigenvalue weighted by Crippen LogP contribution is 2.55. The van der Waals surface area contributed by atoms with Gasteiger partial charge in [0.1, 0.15) is 0 Å². The van der Waals surface area contributed by atoms with Crippen LogP contribution in [0.5, 0.6) is 0 Å². The number of allylic oxidation sites excluding steroid dienone is 3. The van der Waals surface area contributed by atoms with E-state index >= 15 is 0 Å². The minimum Gasteiger partial charge on any atom is -0.478 e. The zero-order chi connectivity index (χ0) is 9.64. The van der Waals surface area contributed by atoms with Crippen molar-refractivity contribution in [1.29, 1.82) is 0 Å². The molecule has 2 heteroatoms. The molecule has 0 aliphatic heterocycles. The van der Waals surface area contributed by atoms with Crippen molar-refractivity contribution < 1.29 is 9.90 Å². The summed E-state index contributed by atoms with van der Waals surface area (Å²) < 4.78 is 0. The Morgan fingerprint density at radius 1 is 1.62 bits per heavy atom. The first kappa shape index (κ1) is 8.54. The molecule has 13 heavy (non-hydrogen) atoms. The first-order chi connectivity index (χ1) is 6.01. The lowest BCUT2D eigenvalue weighted by atomic mass is 9.75. The van der Waals surface area contributed by atoms with Gasteiger partial charge in [0.15, 0.2) is 0 Å². The second-order valence-corrected chi connectivity index (χ2v) is 4.49. The summed E-state index contributed by atoms with van der Waals surface area (Å²) in [6.45, 7) is 4.27. The Morgan fingerprint density at radius 2 is 2.31 bits per heavy atom. The van der Waals surface area contributed by atoms with Crippen molar-refractivity contribution in [2.75, 3.05) is 0 Å². The molecule has 0 radical (unpaired) electrons. The molecule has 2 rings (SSSR count). The van der Waals surface area contributed by atoms with E-state index in [0.717, 1.165) is 12.0 Å². The third kappa shape index (κ3) is 1.12. The monoisotopic (exact) mass is 178 g/mol. The zero-order valence-electron chi connectivity index (χ0n) is 7.95. The molecule has 0 spiro atoms. The Hall–Kier alpha value is -1.05. The second kappa shape index (κ2) is 2.47. The molecule has 1 fully saturated rings. The maximum absolute atomic E-state index is 10.6. The van der Waals surface area contributed by atoms with Gasteiger partial charge in [-0.15, -0.1) is 0 Å². The Balaban J connectivity index is 2.40. The minimum absolute atomic E-state index is 0.0534. The van der Waals surface area contributed by atoms with E-state index in [1.54, 1.807) is 0 Å². The Bertz CT molecular complexity index is 310. The van der Waals surface area contributed by atoms with Gasteiger partial charge in [0.05, 0.1) is 0 Å². The lowest BCUT2D eigenvalue weighted by Gasteiger charge is -2.29. The van der Waals surface area contributed by atoms with Crippen molar-refractivity contribution in [1.82, 2.24) is 0 Å². The van der Waals surface area contributed by atoms with Crippen molar-refractivity contribution >= 4 is 5.97 Å². The standard InChI is InChI=1S/C11H14O2/c1-11(2)8-4-3-7(5-8)9(11)6-10(12)13/h3-4,6-8H,5H2,1-2H3,(H,12,13)/b9-6-. The molecule has 2 nitrogen and oxygen atoms in total. The van der Waals surface area contributed by atoms with E-state index < -0.39 is 5.97 Å². The molecule has 2 aliphatic rings. The predicted molar refractivity (Wildman–Crippen MR) is 50.2 cm³/mol. The maximum Gasteiger partial charge on any atom is 0.328 e. The molecular weight excluding hydrogens is 164 g/mol. The quantitative estimate of drug-likeness (QED) is 0.494. The zero-order valence-corrected chi connectivity index (χ0v) is 7.95. The first-order valence-corrected chi connectivity index (χ1v) is 4.65. The highest BCUT2D eigenvalue weighted by molar-refractivity contribution is 5.81. The predicted octanol–water partition coefficient (Wildman–Crippen LogP) is 2.23. The summed E-state index contributed by atoms with van der Waals surface area (Å²) in [4.78, 5) is 10.6. The van der Waals surface area contributed by atoms with E-state index in [1.165, 1.54) is 6.08 Å². The molecule has 2 unspecified atom stereocenters. The highest BCUT2D eigenvalue weighted by atomic mass is 16.4. The summed E-state index contributed by atoms with van der Waals surface area (Å²) in [6, 6.07) is 0. The molecule has 0 saturated heterocycles. The number of rotatable bonds is 1. The molecule has 1 N–H and O–H groups in total. The molecule has 0 aromatic rings. The van der Waals surface area contributed by atoms with Gasteiger partial charge in [0, 0.05) is 6.08 Å². The lowest BCUT2D eigenvalue weighted by molar-refractivity contribution is -0.131. The molecule has 0 heterocycles. The van der Waals surface area contributed by atoms with Gasteiger partial charge in [0.2, 0.25) is 0 Å². The summed E-state index contributed by atoms with van der Waals surface area (Å²) >= 11 is 0. The third-order valence-electron chi connectivity index (χ3n) is 3.43. The van der Waals surface area contributed by atoms with Gasteiger partial charge in [-0.2, -0.15) is 0 Å². The van der Waals surface area contributed by atoms with Crippen molar-refractivity contribution in [3.63, 3.8) is 0 Å². The van der Waals surface area contributed by atoms with Crippen LogP contribution in [-0.2, 0) is 4.79 Å². The average Bonchev–Trinajstić information content (AvgIpc) is 2.53. The van der Waals surface area contributed by atoms with Crippen LogP contribution in [0.3, 0.4) is 0 Å². The maximum atomic E-state index is 10.6. The Kier molecular flexibility index (Phi) is 1.62. The molecular formula is C11H14O2. The fourth-order valence-corrected chi connectivity index (χ4v) is 2.58. The summed E-state index contributed by atoms with van der Waals surface area (Å²) in [5.41, 5.74) is 1.14. The van der Waals surface area contributed by atoms with Crippen LogP contribution in [0.1, 0.15) is 20.3 Å². The second-order valence-electron chi connectivity index (χ2n) is 4.49.